The van der Waals surface area contributed by atoms with Crippen molar-refractivity contribution in [3.05, 3.63) is 94.6 Å². The summed E-state index contributed by atoms with van der Waals surface area (Å²) < 4.78 is 10.9. The molecule has 1 amide bonds. The quantitative estimate of drug-likeness (QED) is 0.157. The lowest BCUT2D eigenvalue weighted by atomic mass is 9.94. The topological polar surface area (TPSA) is 106 Å². The van der Waals surface area contributed by atoms with Crippen LogP contribution in [0.4, 0.5) is 5.13 Å². The van der Waals surface area contributed by atoms with Crippen molar-refractivity contribution < 1.29 is 29.0 Å². The molecule has 0 radical (unpaired) electrons. The summed E-state index contributed by atoms with van der Waals surface area (Å²) in [5.41, 5.74) is 2.97. The first-order valence-electron chi connectivity index (χ1n) is 11.9. The van der Waals surface area contributed by atoms with Gasteiger partial charge < -0.3 is 14.6 Å². The van der Waals surface area contributed by atoms with Crippen LogP contribution < -0.4 is 9.64 Å². The molecule has 9 heteroatoms. The van der Waals surface area contributed by atoms with Crippen LogP contribution in [0.1, 0.15) is 40.0 Å². The number of fused-ring (bicyclic) bond motifs is 1. The largest absolute Gasteiger partial charge is 0.507 e. The zero-order valence-corrected chi connectivity index (χ0v) is 21.7. The number of esters is 1. The molecule has 192 valence electrons. The number of anilines is 1. The third-order valence-electron chi connectivity index (χ3n) is 6.51. The van der Waals surface area contributed by atoms with Gasteiger partial charge in [0, 0.05) is 5.56 Å². The first kappa shape index (κ1) is 25.2. The van der Waals surface area contributed by atoms with Gasteiger partial charge in [-0.25, -0.2) is 9.78 Å². The molecule has 1 unspecified atom stereocenters. The highest BCUT2D eigenvalue weighted by Crippen LogP contribution is 2.44. The van der Waals surface area contributed by atoms with Crippen LogP contribution in [0.15, 0.2) is 72.3 Å². The highest BCUT2D eigenvalue weighted by molar-refractivity contribution is 7.22. The highest BCUT2D eigenvalue weighted by atomic mass is 32.1. The van der Waals surface area contributed by atoms with Crippen LogP contribution in [0.25, 0.3) is 16.0 Å². The molecule has 1 aliphatic heterocycles. The number of Topliss-reactive ketones (excluding diaryl/α,β-unsaturated/α-hetero) is 1. The average molecular weight is 529 g/mol. The molecule has 0 spiro atoms. The van der Waals surface area contributed by atoms with Crippen molar-refractivity contribution in [2.75, 3.05) is 19.1 Å². The van der Waals surface area contributed by atoms with Crippen LogP contribution in [-0.4, -0.2) is 42.0 Å². The zero-order valence-electron chi connectivity index (χ0n) is 20.9. The molecule has 3 aromatic carbocycles. The van der Waals surface area contributed by atoms with Gasteiger partial charge in [-0.05, 0) is 66.1 Å². The molecule has 2 heterocycles. The molecule has 1 atom stereocenters. The lowest BCUT2D eigenvalue weighted by Gasteiger charge is -2.23. The van der Waals surface area contributed by atoms with E-state index in [9.17, 15) is 19.5 Å². The second-order valence-corrected chi connectivity index (χ2v) is 9.67. The Morgan fingerprint density at radius 3 is 2.32 bits per heavy atom. The average Bonchev–Trinajstić information content (AvgIpc) is 3.49. The molecule has 4 aromatic rings. The number of ether oxygens (including phenoxy) is 2. The molecule has 1 fully saturated rings. The van der Waals surface area contributed by atoms with Gasteiger partial charge in [0.15, 0.2) is 5.13 Å². The number of hydrogen-bond acceptors (Lipinski definition) is 8. The maximum atomic E-state index is 13.5. The van der Waals surface area contributed by atoms with Gasteiger partial charge in [-0.15, -0.1) is 0 Å². The number of thiazole rings is 1. The molecule has 8 nitrogen and oxygen atoms in total. The molecule has 0 saturated carbocycles. The van der Waals surface area contributed by atoms with Gasteiger partial charge in [-0.3, -0.25) is 14.5 Å². The first-order valence-corrected chi connectivity index (χ1v) is 12.7. The van der Waals surface area contributed by atoms with Crippen molar-refractivity contribution in [2.45, 2.75) is 19.4 Å². The molecule has 38 heavy (non-hydrogen) atoms. The minimum atomic E-state index is -0.963. The summed E-state index contributed by atoms with van der Waals surface area (Å²) in [6.07, 6.45) is 0.849. The second-order valence-electron chi connectivity index (χ2n) is 8.66. The molecule has 0 bridgehead atoms. The SMILES string of the molecule is CCc1ccc2nc(N3C(=O)C(=O)C(=C(O)c4ccc(OC)cc4)C3c3ccc(C(=O)OC)cc3)sc2c1. The Kier molecular flexibility index (Phi) is 6.69. The van der Waals surface area contributed by atoms with Gasteiger partial charge in [-0.2, -0.15) is 0 Å². The fourth-order valence-electron chi connectivity index (χ4n) is 4.45. The van der Waals surface area contributed by atoms with Crippen LogP contribution in [-0.2, 0) is 20.7 Å². The maximum absolute atomic E-state index is 13.5. The summed E-state index contributed by atoms with van der Waals surface area (Å²) in [4.78, 5) is 44.8. The number of ketones is 1. The monoisotopic (exact) mass is 528 g/mol. The van der Waals surface area contributed by atoms with E-state index >= 15 is 0 Å². The maximum Gasteiger partial charge on any atom is 0.337 e. The summed E-state index contributed by atoms with van der Waals surface area (Å²) in [6, 6.07) is 17.9. The number of aliphatic hydroxyl groups excluding tert-OH is 1. The zero-order chi connectivity index (χ0) is 27.0. The van der Waals surface area contributed by atoms with Crippen molar-refractivity contribution in [3.63, 3.8) is 0 Å². The molecular formula is C29H24N2O6S. The number of benzene rings is 3. The number of aliphatic hydroxyl groups is 1. The Balaban J connectivity index is 1.68. The Bertz CT molecular complexity index is 1590. The van der Waals surface area contributed by atoms with E-state index in [2.05, 4.69) is 11.9 Å². The van der Waals surface area contributed by atoms with Gasteiger partial charge in [0.05, 0.1) is 41.6 Å². The number of rotatable bonds is 6. The van der Waals surface area contributed by atoms with Gasteiger partial charge in [0.2, 0.25) is 0 Å². The van der Waals surface area contributed by atoms with E-state index in [0.29, 0.717) is 33.1 Å². The lowest BCUT2D eigenvalue weighted by molar-refractivity contribution is -0.132. The molecule has 0 aliphatic carbocycles. The molecule has 1 aromatic heterocycles. The van der Waals surface area contributed by atoms with Crippen LogP contribution in [0.5, 0.6) is 5.75 Å². The molecular weight excluding hydrogens is 504 g/mol. The summed E-state index contributed by atoms with van der Waals surface area (Å²) in [7, 11) is 2.82. The second kappa shape index (κ2) is 10.1. The normalized spacial score (nSPS) is 16.7. The molecule has 1 aliphatic rings. The van der Waals surface area contributed by atoms with Crippen LogP contribution in [0.2, 0.25) is 0 Å². The number of carbonyl (C=O) groups is 3. The van der Waals surface area contributed by atoms with Crippen molar-refractivity contribution >= 4 is 50.1 Å². The first-order chi connectivity index (χ1) is 18.4. The van der Waals surface area contributed by atoms with E-state index in [4.69, 9.17) is 9.47 Å². The summed E-state index contributed by atoms with van der Waals surface area (Å²) >= 11 is 1.30. The summed E-state index contributed by atoms with van der Waals surface area (Å²) in [6.45, 7) is 2.05. The van der Waals surface area contributed by atoms with Crippen molar-refractivity contribution in [1.29, 1.82) is 0 Å². The van der Waals surface area contributed by atoms with Crippen molar-refractivity contribution in [1.82, 2.24) is 4.98 Å². The van der Waals surface area contributed by atoms with Gasteiger partial charge in [0.1, 0.15) is 11.5 Å². The lowest BCUT2D eigenvalue weighted by Crippen LogP contribution is -2.29. The summed E-state index contributed by atoms with van der Waals surface area (Å²) in [5.74, 6) is -1.87. The Morgan fingerprint density at radius 2 is 1.68 bits per heavy atom. The number of nitrogens with zero attached hydrogens (tertiary/aromatic N) is 2. The predicted molar refractivity (Wildman–Crippen MR) is 145 cm³/mol. The molecule has 5 rings (SSSR count). The van der Waals surface area contributed by atoms with Gasteiger partial charge in [-0.1, -0.05) is 36.5 Å². The van der Waals surface area contributed by atoms with E-state index in [1.165, 1.54) is 30.5 Å². The fourth-order valence-corrected chi connectivity index (χ4v) is 5.50. The van der Waals surface area contributed by atoms with E-state index in [-0.39, 0.29) is 11.3 Å². The number of methoxy groups -OCH3 is 2. The predicted octanol–water partition coefficient (Wildman–Crippen LogP) is 5.28. The van der Waals surface area contributed by atoms with E-state index in [1.807, 2.05) is 18.2 Å². The van der Waals surface area contributed by atoms with E-state index in [1.54, 1.807) is 48.5 Å². The Hall–Kier alpha value is -4.50. The minimum absolute atomic E-state index is 0.0699. The highest BCUT2D eigenvalue weighted by Gasteiger charge is 2.48. The number of aryl methyl sites for hydroxylation is 1. The summed E-state index contributed by atoms with van der Waals surface area (Å²) in [5, 5.41) is 11.6. The van der Waals surface area contributed by atoms with Crippen LogP contribution in [0.3, 0.4) is 0 Å². The van der Waals surface area contributed by atoms with E-state index in [0.717, 1.165) is 16.7 Å². The number of carbonyl (C=O) groups excluding carboxylic acids is 3. The number of hydrogen-bond donors (Lipinski definition) is 1. The minimum Gasteiger partial charge on any atom is -0.507 e. The van der Waals surface area contributed by atoms with Gasteiger partial charge in [0.25, 0.3) is 5.78 Å². The van der Waals surface area contributed by atoms with Crippen molar-refractivity contribution in [3.8, 4) is 5.75 Å². The van der Waals surface area contributed by atoms with Crippen LogP contribution >= 0.6 is 11.3 Å². The Labute approximate surface area is 222 Å². The Morgan fingerprint density at radius 1 is 1.00 bits per heavy atom. The van der Waals surface area contributed by atoms with Gasteiger partial charge >= 0.3 is 11.9 Å². The fraction of sp³-hybridized carbons (Fsp3) is 0.172. The smallest absolute Gasteiger partial charge is 0.337 e. The standard InChI is InChI=1S/C29H24N2O6S/c1-4-16-5-14-21-22(15-16)38-29(30-21)31-24(17-6-8-19(9-7-17)28(35)37-3)23(26(33)27(31)34)25(32)18-10-12-20(36-2)13-11-18/h5-15,24,32H,4H2,1-3H3. The third-order valence-corrected chi connectivity index (χ3v) is 7.53. The van der Waals surface area contributed by atoms with E-state index < -0.39 is 23.7 Å². The molecule has 1 saturated heterocycles. The number of amides is 1. The van der Waals surface area contributed by atoms with Crippen molar-refractivity contribution in [2.24, 2.45) is 0 Å². The van der Waals surface area contributed by atoms with Crippen LogP contribution in [0, 0.1) is 0 Å². The number of aromatic nitrogens is 1. The molecule has 1 N–H and O–H groups in total. The third kappa shape index (κ3) is 4.31.